The number of aromatic nitrogens is 2. The predicted octanol–water partition coefficient (Wildman–Crippen LogP) is 5.42. The molecule has 0 saturated heterocycles. The minimum Gasteiger partial charge on any atom is -0.435 e. The fourth-order valence-corrected chi connectivity index (χ4v) is 3.87. The van der Waals surface area contributed by atoms with Gasteiger partial charge in [-0.3, -0.25) is 0 Å². The number of hydrogen-bond donors (Lipinski definition) is 2. The van der Waals surface area contributed by atoms with Gasteiger partial charge in [-0.05, 0) is 42.8 Å². The van der Waals surface area contributed by atoms with Crippen molar-refractivity contribution in [2.75, 3.05) is 5.32 Å². The third kappa shape index (κ3) is 3.30. The van der Waals surface area contributed by atoms with E-state index in [1.165, 1.54) is 5.56 Å². The number of halogens is 2. The first-order valence-corrected chi connectivity index (χ1v) is 9.71. The quantitative estimate of drug-likeness (QED) is 0.446. The van der Waals surface area contributed by atoms with Crippen LogP contribution in [0.25, 0.3) is 16.7 Å². The predicted molar refractivity (Wildman–Crippen MR) is 112 cm³/mol. The van der Waals surface area contributed by atoms with E-state index in [0.29, 0.717) is 0 Å². The second-order valence-corrected chi connectivity index (χ2v) is 7.32. The maximum absolute atomic E-state index is 12.5. The summed E-state index contributed by atoms with van der Waals surface area (Å²) in [5.74, 6) is 1.02. The number of aromatic amines is 1. The van der Waals surface area contributed by atoms with Gasteiger partial charge in [0.25, 0.3) is 0 Å². The Bertz CT molecular complexity index is 1230. The van der Waals surface area contributed by atoms with Gasteiger partial charge in [0, 0.05) is 5.56 Å². The number of nitrogens with one attached hydrogen (secondary N) is 2. The zero-order chi connectivity index (χ0) is 20.7. The normalized spacial score (nSPS) is 15.6. The van der Waals surface area contributed by atoms with Gasteiger partial charge in [0.05, 0.1) is 0 Å². The Morgan fingerprint density at radius 3 is 2.40 bits per heavy atom. The third-order valence-electron chi connectivity index (χ3n) is 5.32. The highest BCUT2D eigenvalue weighted by molar-refractivity contribution is 5.80. The second-order valence-electron chi connectivity index (χ2n) is 7.32. The van der Waals surface area contributed by atoms with E-state index >= 15 is 0 Å². The van der Waals surface area contributed by atoms with E-state index in [4.69, 9.17) is 0 Å². The molecule has 0 spiro atoms. The molecule has 30 heavy (non-hydrogen) atoms. The fourth-order valence-electron chi connectivity index (χ4n) is 3.87. The van der Waals surface area contributed by atoms with Crippen LogP contribution in [0.5, 0.6) is 5.75 Å². The lowest BCUT2D eigenvalue weighted by atomic mass is 10.0. The van der Waals surface area contributed by atoms with Crippen LogP contribution >= 0.6 is 0 Å². The topological polar surface area (TPSA) is 40.9 Å². The van der Waals surface area contributed by atoms with Crippen molar-refractivity contribution in [3.8, 4) is 5.75 Å². The molecular weight excluding hydrogens is 384 g/mol. The molecular formula is C24H20F2N3O+. The number of anilines is 1. The van der Waals surface area contributed by atoms with Crippen LogP contribution in [0.4, 0.5) is 14.7 Å². The van der Waals surface area contributed by atoms with Crippen molar-refractivity contribution in [3.63, 3.8) is 0 Å². The van der Waals surface area contributed by atoms with Gasteiger partial charge in [0.2, 0.25) is 0 Å². The summed E-state index contributed by atoms with van der Waals surface area (Å²) < 4.78 is 31.7. The number of rotatable bonds is 4. The molecule has 1 aromatic heterocycles. The van der Waals surface area contributed by atoms with Crippen LogP contribution in [0.1, 0.15) is 22.7 Å². The highest BCUT2D eigenvalue weighted by Crippen LogP contribution is 2.31. The van der Waals surface area contributed by atoms with E-state index in [9.17, 15) is 8.78 Å². The van der Waals surface area contributed by atoms with Crippen LogP contribution in [-0.2, 0) is 0 Å². The zero-order valence-electron chi connectivity index (χ0n) is 16.3. The molecule has 1 aliphatic heterocycles. The number of ether oxygens (including phenoxy) is 1. The lowest BCUT2D eigenvalue weighted by Gasteiger charge is -2.21. The van der Waals surface area contributed by atoms with Crippen LogP contribution in [-0.4, -0.2) is 11.6 Å². The third-order valence-corrected chi connectivity index (χ3v) is 5.32. The van der Waals surface area contributed by atoms with Crippen molar-refractivity contribution in [2.24, 2.45) is 0 Å². The molecule has 1 atom stereocenters. The SMILES string of the molecule is Cc1ccc(C2=CC(c3ccc(OC(F)F)cc3)[n+]3c([nH]c4ccccc43)N2)cc1. The Morgan fingerprint density at radius 1 is 0.933 bits per heavy atom. The van der Waals surface area contributed by atoms with Crippen LogP contribution in [0, 0.1) is 6.92 Å². The molecule has 0 saturated carbocycles. The molecule has 6 heteroatoms. The molecule has 150 valence electrons. The van der Waals surface area contributed by atoms with Crippen LogP contribution in [0.15, 0.2) is 78.9 Å². The van der Waals surface area contributed by atoms with Gasteiger partial charge in [-0.2, -0.15) is 8.78 Å². The van der Waals surface area contributed by atoms with Gasteiger partial charge in [0.1, 0.15) is 28.5 Å². The number of fused-ring (bicyclic) bond motifs is 3. The number of hydrogen-bond acceptors (Lipinski definition) is 2. The van der Waals surface area contributed by atoms with Crippen LogP contribution in [0.3, 0.4) is 0 Å². The molecule has 0 aliphatic carbocycles. The minimum absolute atomic E-state index is 0.116. The van der Waals surface area contributed by atoms with Gasteiger partial charge in [-0.15, -0.1) is 0 Å². The summed E-state index contributed by atoms with van der Waals surface area (Å²) in [6.07, 6.45) is 2.15. The number of aryl methyl sites for hydroxylation is 1. The summed E-state index contributed by atoms with van der Waals surface area (Å²) in [6.45, 7) is -0.776. The fraction of sp³-hybridized carbons (Fsp3) is 0.125. The van der Waals surface area contributed by atoms with Gasteiger partial charge in [-0.25, -0.2) is 14.9 Å². The zero-order valence-corrected chi connectivity index (χ0v) is 16.3. The summed E-state index contributed by atoms with van der Waals surface area (Å²) in [5, 5.41) is 3.50. The molecule has 3 aromatic carbocycles. The average Bonchev–Trinajstić information content (AvgIpc) is 3.12. The summed E-state index contributed by atoms with van der Waals surface area (Å²) in [7, 11) is 0. The number of para-hydroxylation sites is 2. The van der Waals surface area contributed by atoms with Gasteiger partial charge < -0.3 is 4.74 Å². The standard InChI is InChI=1S/C24H19F2N3O/c1-15-6-8-16(9-7-15)20-14-22(17-10-12-18(13-11-17)30-23(25)26)29-21-5-3-2-4-19(21)27-24(29)28-20/h2-14,22-23H,1H3,(H,27,28)/p+1. The molecule has 4 nitrogen and oxygen atoms in total. The number of alkyl halides is 2. The van der Waals surface area contributed by atoms with Gasteiger partial charge in [-0.1, -0.05) is 54.1 Å². The minimum atomic E-state index is -2.84. The van der Waals surface area contributed by atoms with Crippen LogP contribution < -0.4 is 14.6 Å². The first-order valence-electron chi connectivity index (χ1n) is 9.71. The monoisotopic (exact) mass is 404 g/mol. The number of imidazole rings is 1. The number of nitrogens with zero attached hydrogens (tertiary/aromatic N) is 1. The average molecular weight is 404 g/mol. The summed E-state index contributed by atoms with van der Waals surface area (Å²) >= 11 is 0. The first-order chi connectivity index (χ1) is 14.6. The molecule has 0 amide bonds. The van der Waals surface area contributed by atoms with Gasteiger partial charge >= 0.3 is 12.6 Å². The van der Waals surface area contributed by atoms with Crippen molar-refractivity contribution >= 4 is 22.7 Å². The van der Waals surface area contributed by atoms with E-state index in [2.05, 4.69) is 62.9 Å². The van der Waals surface area contributed by atoms with Crippen molar-refractivity contribution in [1.29, 1.82) is 0 Å². The Kier molecular flexibility index (Phi) is 4.47. The van der Waals surface area contributed by atoms with Crippen LogP contribution in [0.2, 0.25) is 0 Å². The van der Waals surface area contributed by atoms with Crippen molar-refractivity contribution in [3.05, 3.63) is 95.6 Å². The van der Waals surface area contributed by atoms with E-state index in [1.807, 2.05) is 30.3 Å². The molecule has 2 N–H and O–H groups in total. The second kappa shape index (κ2) is 7.30. The van der Waals surface area contributed by atoms with E-state index in [-0.39, 0.29) is 11.8 Å². The summed E-state index contributed by atoms with van der Waals surface area (Å²) in [6, 6.07) is 23.1. The lowest BCUT2D eigenvalue weighted by Crippen LogP contribution is -2.43. The Hall–Kier alpha value is -3.67. The van der Waals surface area contributed by atoms with E-state index in [1.54, 1.807) is 12.1 Å². The largest absolute Gasteiger partial charge is 0.435 e. The molecule has 0 fully saturated rings. The molecule has 1 aliphatic rings. The highest BCUT2D eigenvalue weighted by atomic mass is 19.3. The molecule has 0 radical (unpaired) electrons. The van der Waals surface area contributed by atoms with Gasteiger partial charge in [0.15, 0.2) is 0 Å². The lowest BCUT2D eigenvalue weighted by molar-refractivity contribution is -0.664. The number of allylic oxidation sites excluding steroid dienone is 1. The Balaban J connectivity index is 1.63. The first kappa shape index (κ1) is 18.4. The Morgan fingerprint density at radius 2 is 1.67 bits per heavy atom. The number of benzene rings is 3. The van der Waals surface area contributed by atoms with E-state index in [0.717, 1.165) is 33.8 Å². The molecule has 4 aromatic rings. The smallest absolute Gasteiger partial charge is 0.387 e. The number of H-pyrrole nitrogens is 1. The Labute approximate surface area is 172 Å². The highest BCUT2D eigenvalue weighted by Gasteiger charge is 2.31. The van der Waals surface area contributed by atoms with Crippen molar-refractivity contribution in [2.45, 2.75) is 19.6 Å². The summed E-state index contributed by atoms with van der Waals surface area (Å²) in [5.41, 5.74) is 6.30. The van der Waals surface area contributed by atoms with Crippen molar-refractivity contribution < 1.29 is 18.1 Å². The summed E-state index contributed by atoms with van der Waals surface area (Å²) in [4.78, 5) is 3.45. The van der Waals surface area contributed by atoms with E-state index < -0.39 is 6.61 Å². The van der Waals surface area contributed by atoms with Crippen molar-refractivity contribution in [1.82, 2.24) is 4.98 Å². The molecule has 2 heterocycles. The molecule has 1 unspecified atom stereocenters. The maximum Gasteiger partial charge on any atom is 0.387 e. The molecule has 5 rings (SSSR count). The molecule has 0 bridgehead atoms. The maximum atomic E-state index is 12.5.